The molecule has 1 heterocycles. The van der Waals surface area contributed by atoms with E-state index < -0.39 is 0 Å². The number of guanidine groups is 1. The van der Waals surface area contributed by atoms with Gasteiger partial charge in [0, 0.05) is 40.8 Å². The highest BCUT2D eigenvalue weighted by Crippen LogP contribution is 2.38. The van der Waals surface area contributed by atoms with E-state index in [2.05, 4.69) is 55.5 Å². The van der Waals surface area contributed by atoms with Gasteiger partial charge in [-0.2, -0.15) is 0 Å². The molecule has 0 spiro atoms. The summed E-state index contributed by atoms with van der Waals surface area (Å²) in [6, 6.07) is 16.8. The number of aliphatic imine (C=N–C) groups is 1. The largest absolute Gasteiger partial charge is 0.355 e. The van der Waals surface area contributed by atoms with Crippen molar-refractivity contribution in [3.8, 4) is 0 Å². The molecule has 1 aliphatic rings. The molecule has 33 heavy (non-hydrogen) atoms. The van der Waals surface area contributed by atoms with Gasteiger partial charge in [-0.05, 0) is 36.1 Å². The topological polar surface area (TPSA) is 74.5 Å². The number of imidazole rings is 1. The second kappa shape index (κ2) is 10.1. The van der Waals surface area contributed by atoms with E-state index in [-0.39, 0.29) is 11.3 Å². The van der Waals surface area contributed by atoms with Crippen LogP contribution in [0, 0.1) is 5.41 Å². The summed E-state index contributed by atoms with van der Waals surface area (Å²) in [5.41, 5.74) is 4.25. The number of para-hydroxylation sites is 2. The predicted molar refractivity (Wildman–Crippen MR) is 133 cm³/mol. The van der Waals surface area contributed by atoms with Gasteiger partial charge in [-0.1, -0.05) is 49.2 Å². The number of benzene rings is 2. The Hall–Kier alpha value is -3.35. The molecular formula is C26H34N6O. The number of aromatic nitrogens is 2. The molecule has 1 amide bonds. The molecule has 0 saturated heterocycles. The van der Waals surface area contributed by atoms with E-state index in [9.17, 15) is 4.79 Å². The van der Waals surface area contributed by atoms with Crippen LogP contribution in [0.15, 0.2) is 59.9 Å². The minimum absolute atomic E-state index is 0.212. The SMILES string of the molecule is CN=C(NCc1ccc(Cn2cnc3ccccc32)cc1)NCC1(C(=O)N(C)C)CCCC1. The normalized spacial score (nSPS) is 15.5. The molecule has 2 N–H and O–H groups in total. The third kappa shape index (κ3) is 5.18. The van der Waals surface area contributed by atoms with Crippen LogP contribution in [0.25, 0.3) is 11.0 Å². The van der Waals surface area contributed by atoms with Crippen molar-refractivity contribution in [3.05, 3.63) is 66.0 Å². The summed E-state index contributed by atoms with van der Waals surface area (Å²) in [4.78, 5) is 23.3. The van der Waals surface area contributed by atoms with Crippen molar-refractivity contribution < 1.29 is 4.79 Å². The monoisotopic (exact) mass is 446 g/mol. The number of carbonyl (C=O) groups is 1. The first-order valence-corrected chi connectivity index (χ1v) is 11.6. The van der Waals surface area contributed by atoms with Gasteiger partial charge in [0.2, 0.25) is 5.91 Å². The zero-order valence-corrected chi connectivity index (χ0v) is 19.8. The summed E-state index contributed by atoms with van der Waals surface area (Å²) >= 11 is 0. The Bertz CT molecular complexity index is 1110. The van der Waals surface area contributed by atoms with Gasteiger partial charge < -0.3 is 20.1 Å². The second-order valence-electron chi connectivity index (χ2n) is 9.14. The summed E-state index contributed by atoms with van der Waals surface area (Å²) in [6.07, 6.45) is 5.97. The van der Waals surface area contributed by atoms with Gasteiger partial charge in [0.05, 0.1) is 22.8 Å². The first-order chi connectivity index (χ1) is 16.0. The van der Waals surface area contributed by atoms with Crippen LogP contribution in [0.1, 0.15) is 36.8 Å². The van der Waals surface area contributed by atoms with Crippen LogP contribution in [0.4, 0.5) is 0 Å². The molecule has 4 rings (SSSR count). The molecular weight excluding hydrogens is 412 g/mol. The van der Waals surface area contributed by atoms with Crippen molar-refractivity contribution in [1.82, 2.24) is 25.1 Å². The Kier molecular flexibility index (Phi) is 6.96. The first-order valence-electron chi connectivity index (χ1n) is 11.6. The van der Waals surface area contributed by atoms with E-state index in [1.54, 1.807) is 11.9 Å². The Morgan fingerprint density at radius 2 is 1.76 bits per heavy atom. The Labute approximate surface area is 195 Å². The molecule has 0 bridgehead atoms. The molecule has 1 aromatic heterocycles. The fraction of sp³-hybridized carbons (Fsp3) is 0.423. The lowest BCUT2D eigenvalue weighted by Crippen LogP contribution is -2.49. The van der Waals surface area contributed by atoms with Crippen molar-refractivity contribution in [1.29, 1.82) is 0 Å². The predicted octanol–water partition coefficient (Wildman–Crippen LogP) is 3.40. The zero-order valence-electron chi connectivity index (χ0n) is 19.8. The summed E-state index contributed by atoms with van der Waals surface area (Å²) in [5, 5.41) is 6.78. The van der Waals surface area contributed by atoms with Crippen molar-refractivity contribution in [2.75, 3.05) is 27.7 Å². The minimum atomic E-state index is -0.319. The van der Waals surface area contributed by atoms with Crippen LogP contribution in [0.3, 0.4) is 0 Å². The molecule has 174 valence electrons. The molecule has 0 aliphatic heterocycles. The number of rotatable bonds is 7. The zero-order chi connectivity index (χ0) is 23.3. The molecule has 7 nitrogen and oxygen atoms in total. The fourth-order valence-electron chi connectivity index (χ4n) is 4.75. The summed E-state index contributed by atoms with van der Waals surface area (Å²) in [5.74, 6) is 0.936. The molecule has 7 heteroatoms. The van der Waals surface area contributed by atoms with Crippen LogP contribution in [-0.4, -0.2) is 54.0 Å². The quantitative estimate of drug-likeness (QED) is 0.431. The van der Waals surface area contributed by atoms with E-state index in [0.29, 0.717) is 13.1 Å². The second-order valence-corrected chi connectivity index (χ2v) is 9.14. The van der Waals surface area contributed by atoms with Gasteiger partial charge in [-0.25, -0.2) is 4.98 Å². The molecule has 1 aliphatic carbocycles. The van der Waals surface area contributed by atoms with E-state index in [0.717, 1.165) is 49.2 Å². The van der Waals surface area contributed by atoms with Gasteiger partial charge in [0.1, 0.15) is 0 Å². The number of nitrogens with one attached hydrogen (secondary N) is 2. The van der Waals surface area contributed by atoms with Crippen molar-refractivity contribution >= 4 is 22.9 Å². The lowest BCUT2D eigenvalue weighted by atomic mass is 9.84. The van der Waals surface area contributed by atoms with Gasteiger partial charge in [-0.3, -0.25) is 9.79 Å². The standard InChI is InChI=1S/C26H34N6O/c1-27-25(29-18-26(14-6-7-15-26)24(33)31(2)3)28-16-20-10-12-21(13-11-20)17-32-19-30-22-8-4-5-9-23(22)32/h4-5,8-13,19H,6-7,14-18H2,1-3H3,(H2,27,28,29). The highest BCUT2D eigenvalue weighted by molar-refractivity contribution is 5.85. The number of fused-ring (bicyclic) bond motifs is 1. The van der Waals surface area contributed by atoms with Crippen molar-refractivity contribution in [2.45, 2.75) is 38.8 Å². The molecule has 0 atom stereocenters. The highest BCUT2D eigenvalue weighted by atomic mass is 16.2. The van der Waals surface area contributed by atoms with Gasteiger partial charge in [0.15, 0.2) is 5.96 Å². The minimum Gasteiger partial charge on any atom is -0.355 e. The Morgan fingerprint density at radius 1 is 1.06 bits per heavy atom. The molecule has 2 aromatic carbocycles. The highest BCUT2D eigenvalue weighted by Gasteiger charge is 2.42. The fourth-order valence-corrected chi connectivity index (χ4v) is 4.75. The van der Waals surface area contributed by atoms with Crippen molar-refractivity contribution in [3.63, 3.8) is 0 Å². The van der Waals surface area contributed by atoms with Gasteiger partial charge in [0.25, 0.3) is 0 Å². The molecule has 3 aromatic rings. The van der Waals surface area contributed by atoms with E-state index in [1.807, 2.05) is 38.6 Å². The number of hydrogen-bond acceptors (Lipinski definition) is 3. The number of carbonyl (C=O) groups excluding carboxylic acids is 1. The van der Waals surface area contributed by atoms with E-state index in [1.165, 1.54) is 11.1 Å². The maximum Gasteiger partial charge on any atom is 0.230 e. The molecule has 0 radical (unpaired) electrons. The lowest BCUT2D eigenvalue weighted by molar-refractivity contribution is -0.138. The summed E-state index contributed by atoms with van der Waals surface area (Å²) in [7, 11) is 5.45. The van der Waals surface area contributed by atoms with Crippen LogP contribution in [0.2, 0.25) is 0 Å². The van der Waals surface area contributed by atoms with Crippen molar-refractivity contribution in [2.24, 2.45) is 10.4 Å². The third-order valence-corrected chi connectivity index (χ3v) is 6.60. The van der Waals surface area contributed by atoms with E-state index >= 15 is 0 Å². The smallest absolute Gasteiger partial charge is 0.230 e. The number of nitrogens with zero attached hydrogens (tertiary/aromatic N) is 4. The van der Waals surface area contributed by atoms with E-state index in [4.69, 9.17) is 0 Å². The van der Waals surface area contributed by atoms with Gasteiger partial charge >= 0.3 is 0 Å². The maximum absolute atomic E-state index is 12.8. The average Bonchev–Trinajstić information content (AvgIpc) is 3.48. The Morgan fingerprint density at radius 3 is 2.45 bits per heavy atom. The third-order valence-electron chi connectivity index (χ3n) is 6.60. The van der Waals surface area contributed by atoms with Crippen LogP contribution < -0.4 is 10.6 Å². The average molecular weight is 447 g/mol. The van der Waals surface area contributed by atoms with Crippen LogP contribution >= 0.6 is 0 Å². The number of hydrogen-bond donors (Lipinski definition) is 2. The molecule has 1 saturated carbocycles. The number of amides is 1. The first kappa shape index (κ1) is 22.8. The molecule has 0 unspecified atom stereocenters. The molecule has 1 fully saturated rings. The summed E-state index contributed by atoms with van der Waals surface area (Å²) < 4.78 is 2.17. The lowest BCUT2D eigenvalue weighted by Gasteiger charge is -2.31. The maximum atomic E-state index is 12.8. The van der Waals surface area contributed by atoms with Gasteiger partial charge in [-0.15, -0.1) is 0 Å². The Balaban J connectivity index is 1.32. The van der Waals surface area contributed by atoms with Crippen LogP contribution in [0.5, 0.6) is 0 Å². The van der Waals surface area contributed by atoms with Crippen LogP contribution in [-0.2, 0) is 17.9 Å². The summed E-state index contributed by atoms with van der Waals surface area (Å²) in [6.45, 7) is 2.07.